The summed E-state index contributed by atoms with van der Waals surface area (Å²) in [7, 11) is 2.14. The van der Waals surface area contributed by atoms with Crippen LogP contribution in [0.3, 0.4) is 0 Å². The van der Waals surface area contributed by atoms with Gasteiger partial charge in [0.05, 0.1) is 13.2 Å². The van der Waals surface area contributed by atoms with E-state index in [1.54, 1.807) is 0 Å². The number of morpholine rings is 1. The molecular formula is C13H21ClN6O. The van der Waals surface area contributed by atoms with Crippen molar-refractivity contribution in [3.05, 3.63) is 5.28 Å². The molecule has 0 unspecified atom stereocenters. The first-order valence-electron chi connectivity index (χ1n) is 7.40. The van der Waals surface area contributed by atoms with Gasteiger partial charge in [0.15, 0.2) is 0 Å². The average Bonchev–Trinajstić information content (AvgIpc) is 2.72. The van der Waals surface area contributed by atoms with Crippen LogP contribution in [0.4, 0.5) is 11.9 Å². The van der Waals surface area contributed by atoms with Gasteiger partial charge in [-0.2, -0.15) is 15.0 Å². The van der Waals surface area contributed by atoms with Gasteiger partial charge < -0.3 is 19.4 Å². The molecule has 0 saturated carbocycles. The Balaban J connectivity index is 1.79. The first kappa shape index (κ1) is 14.7. The molecule has 8 heteroatoms. The van der Waals surface area contributed by atoms with Crippen LogP contribution >= 0.6 is 11.6 Å². The number of anilines is 2. The molecule has 2 fully saturated rings. The topological polar surface area (TPSA) is 57.6 Å². The molecule has 0 amide bonds. The van der Waals surface area contributed by atoms with Gasteiger partial charge in [0.1, 0.15) is 0 Å². The second-order valence-electron chi connectivity index (χ2n) is 5.45. The molecule has 21 heavy (non-hydrogen) atoms. The fourth-order valence-corrected chi connectivity index (χ4v) is 2.77. The van der Waals surface area contributed by atoms with Crippen LogP contribution in [0, 0.1) is 0 Å². The minimum Gasteiger partial charge on any atom is -0.378 e. The lowest BCUT2D eigenvalue weighted by Crippen LogP contribution is -2.38. The van der Waals surface area contributed by atoms with E-state index in [1.807, 2.05) is 0 Å². The van der Waals surface area contributed by atoms with Crippen molar-refractivity contribution in [2.75, 3.05) is 69.3 Å². The third-order valence-corrected chi connectivity index (χ3v) is 4.05. The number of hydrogen-bond acceptors (Lipinski definition) is 7. The van der Waals surface area contributed by atoms with Gasteiger partial charge in [-0.25, -0.2) is 0 Å². The molecule has 0 atom stereocenters. The van der Waals surface area contributed by atoms with E-state index >= 15 is 0 Å². The van der Waals surface area contributed by atoms with Gasteiger partial charge in [0.25, 0.3) is 0 Å². The SMILES string of the molecule is CN1CCCN(c2nc(Cl)nc(N3CCOCC3)n2)CC1. The van der Waals surface area contributed by atoms with Gasteiger partial charge in [0, 0.05) is 32.7 Å². The number of halogens is 1. The van der Waals surface area contributed by atoms with E-state index in [9.17, 15) is 0 Å². The molecule has 3 rings (SSSR count). The second-order valence-corrected chi connectivity index (χ2v) is 5.79. The van der Waals surface area contributed by atoms with Gasteiger partial charge >= 0.3 is 0 Å². The monoisotopic (exact) mass is 312 g/mol. The summed E-state index contributed by atoms with van der Waals surface area (Å²) in [4.78, 5) is 19.8. The normalized spacial score (nSPS) is 21.4. The molecule has 1 aromatic rings. The number of ether oxygens (including phenoxy) is 1. The number of rotatable bonds is 2. The third kappa shape index (κ3) is 3.72. The van der Waals surface area contributed by atoms with Crippen molar-refractivity contribution >= 4 is 23.5 Å². The van der Waals surface area contributed by atoms with Crippen molar-refractivity contribution in [1.82, 2.24) is 19.9 Å². The third-order valence-electron chi connectivity index (χ3n) is 3.88. The molecule has 2 aliphatic rings. The van der Waals surface area contributed by atoms with Crippen LogP contribution < -0.4 is 9.80 Å². The zero-order valence-corrected chi connectivity index (χ0v) is 13.1. The lowest BCUT2D eigenvalue weighted by molar-refractivity contribution is 0.122. The molecule has 0 aromatic carbocycles. The maximum atomic E-state index is 6.10. The highest BCUT2D eigenvalue weighted by Crippen LogP contribution is 2.18. The molecule has 116 valence electrons. The molecule has 2 aliphatic heterocycles. The Kier molecular flexibility index (Phi) is 4.72. The summed E-state index contributed by atoms with van der Waals surface area (Å²) in [5.41, 5.74) is 0. The summed E-state index contributed by atoms with van der Waals surface area (Å²) >= 11 is 6.10. The summed E-state index contributed by atoms with van der Waals surface area (Å²) in [6, 6.07) is 0. The number of nitrogens with zero attached hydrogens (tertiary/aromatic N) is 6. The Bertz CT molecular complexity index is 482. The van der Waals surface area contributed by atoms with Crippen molar-refractivity contribution in [1.29, 1.82) is 0 Å². The summed E-state index contributed by atoms with van der Waals surface area (Å²) in [6.07, 6.45) is 1.10. The number of hydrogen-bond donors (Lipinski definition) is 0. The second kappa shape index (κ2) is 6.72. The number of aromatic nitrogens is 3. The fraction of sp³-hybridized carbons (Fsp3) is 0.769. The van der Waals surface area contributed by atoms with E-state index in [0.29, 0.717) is 25.1 Å². The van der Waals surface area contributed by atoms with E-state index in [-0.39, 0.29) is 5.28 Å². The lowest BCUT2D eigenvalue weighted by Gasteiger charge is -2.28. The zero-order valence-electron chi connectivity index (χ0n) is 12.3. The van der Waals surface area contributed by atoms with Crippen LogP contribution in [0.25, 0.3) is 0 Å². The lowest BCUT2D eigenvalue weighted by atomic mass is 10.4. The van der Waals surface area contributed by atoms with E-state index in [0.717, 1.165) is 45.7 Å². The predicted molar refractivity (Wildman–Crippen MR) is 82.2 cm³/mol. The largest absolute Gasteiger partial charge is 0.378 e. The molecule has 0 aliphatic carbocycles. The van der Waals surface area contributed by atoms with Crippen LogP contribution in [-0.4, -0.2) is 79.4 Å². The van der Waals surface area contributed by atoms with Crippen molar-refractivity contribution < 1.29 is 4.74 Å². The van der Waals surface area contributed by atoms with Crippen molar-refractivity contribution in [2.45, 2.75) is 6.42 Å². The van der Waals surface area contributed by atoms with E-state index in [4.69, 9.17) is 16.3 Å². The van der Waals surface area contributed by atoms with Crippen LogP contribution in [0.5, 0.6) is 0 Å². The highest BCUT2D eigenvalue weighted by molar-refractivity contribution is 6.28. The number of likely N-dealkylation sites (N-methyl/N-ethyl adjacent to an activating group) is 1. The molecule has 7 nitrogen and oxygen atoms in total. The average molecular weight is 313 g/mol. The summed E-state index contributed by atoms with van der Waals surface area (Å²) in [5.74, 6) is 1.35. The first-order valence-corrected chi connectivity index (χ1v) is 7.78. The van der Waals surface area contributed by atoms with Crippen LogP contribution in [-0.2, 0) is 4.74 Å². The van der Waals surface area contributed by atoms with E-state index in [2.05, 4.69) is 36.7 Å². The summed E-state index contributed by atoms with van der Waals surface area (Å²) in [5, 5.41) is 0.263. The summed E-state index contributed by atoms with van der Waals surface area (Å²) in [6.45, 7) is 6.97. The molecule has 1 aromatic heterocycles. The molecule has 0 N–H and O–H groups in total. The Hall–Kier alpha value is -1.18. The molecular weight excluding hydrogens is 292 g/mol. The highest BCUT2D eigenvalue weighted by atomic mass is 35.5. The summed E-state index contributed by atoms with van der Waals surface area (Å²) < 4.78 is 5.36. The molecule has 0 spiro atoms. The Labute approximate surface area is 129 Å². The Morgan fingerprint density at radius 1 is 0.857 bits per heavy atom. The van der Waals surface area contributed by atoms with Gasteiger partial charge in [-0.1, -0.05) is 0 Å². The minimum atomic E-state index is 0.263. The van der Waals surface area contributed by atoms with E-state index < -0.39 is 0 Å². The van der Waals surface area contributed by atoms with Crippen LogP contribution in [0.15, 0.2) is 0 Å². The first-order chi connectivity index (χ1) is 10.2. The standard InChI is InChI=1S/C13H21ClN6O/c1-18-3-2-4-19(6-5-18)12-15-11(14)16-13(17-12)20-7-9-21-10-8-20/h2-10H2,1H3. The van der Waals surface area contributed by atoms with Gasteiger partial charge in [-0.15, -0.1) is 0 Å². The van der Waals surface area contributed by atoms with Gasteiger partial charge in [-0.3, -0.25) is 0 Å². The molecule has 3 heterocycles. The molecule has 2 saturated heterocycles. The predicted octanol–water partition coefficient (Wildman–Crippen LogP) is 0.503. The van der Waals surface area contributed by atoms with Crippen molar-refractivity contribution in [3.8, 4) is 0 Å². The van der Waals surface area contributed by atoms with Gasteiger partial charge in [-0.05, 0) is 31.6 Å². The fourth-order valence-electron chi connectivity index (χ4n) is 2.62. The van der Waals surface area contributed by atoms with Crippen molar-refractivity contribution in [3.63, 3.8) is 0 Å². The highest BCUT2D eigenvalue weighted by Gasteiger charge is 2.20. The quantitative estimate of drug-likeness (QED) is 0.788. The zero-order chi connectivity index (χ0) is 14.7. The Morgan fingerprint density at radius 2 is 1.52 bits per heavy atom. The maximum Gasteiger partial charge on any atom is 0.231 e. The van der Waals surface area contributed by atoms with E-state index in [1.165, 1.54) is 0 Å². The maximum absolute atomic E-state index is 6.10. The van der Waals surface area contributed by atoms with Crippen LogP contribution in [0.1, 0.15) is 6.42 Å². The van der Waals surface area contributed by atoms with Crippen molar-refractivity contribution in [2.24, 2.45) is 0 Å². The van der Waals surface area contributed by atoms with Gasteiger partial charge in [0.2, 0.25) is 17.2 Å². The Morgan fingerprint density at radius 3 is 2.24 bits per heavy atom. The minimum absolute atomic E-state index is 0.263. The smallest absolute Gasteiger partial charge is 0.231 e. The molecule has 0 radical (unpaired) electrons. The molecule has 0 bridgehead atoms. The van der Waals surface area contributed by atoms with Crippen LogP contribution in [0.2, 0.25) is 5.28 Å².